The lowest BCUT2D eigenvalue weighted by atomic mass is 9.96. The summed E-state index contributed by atoms with van der Waals surface area (Å²) in [6.45, 7) is 6.50. The number of thioether (sulfide) groups is 1. The predicted octanol–water partition coefficient (Wildman–Crippen LogP) is 0.911. The summed E-state index contributed by atoms with van der Waals surface area (Å²) in [4.78, 5) is 17.1. The minimum absolute atomic E-state index is 0.158. The molecule has 0 aromatic carbocycles. The number of aromatic nitrogens is 3. The van der Waals surface area contributed by atoms with Gasteiger partial charge in [0.15, 0.2) is 0 Å². The van der Waals surface area contributed by atoms with Crippen LogP contribution in [0.3, 0.4) is 0 Å². The lowest BCUT2D eigenvalue weighted by Gasteiger charge is -2.35. The Morgan fingerprint density at radius 2 is 2.05 bits per heavy atom. The van der Waals surface area contributed by atoms with E-state index in [0.29, 0.717) is 5.91 Å². The first kappa shape index (κ1) is 15.8. The molecule has 7 heteroatoms. The van der Waals surface area contributed by atoms with Crippen LogP contribution in [0.5, 0.6) is 0 Å². The fourth-order valence-electron chi connectivity index (χ4n) is 3.23. The fourth-order valence-corrected chi connectivity index (χ4v) is 4.13. The number of carbonyl (C=O) groups excluding carboxylic acids is 1. The number of aryl methyl sites for hydroxylation is 1. The van der Waals surface area contributed by atoms with E-state index in [4.69, 9.17) is 0 Å². The van der Waals surface area contributed by atoms with E-state index in [-0.39, 0.29) is 5.92 Å². The molecule has 1 aromatic rings. The summed E-state index contributed by atoms with van der Waals surface area (Å²) in [6, 6.07) is 0. The zero-order valence-corrected chi connectivity index (χ0v) is 14.3. The van der Waals surface area contributed by atoms with Gasteiger partial charge in [-0.25, -0.2) is 0 Å². The summed E-state index contributed by atoms with van der Waals surface area (Å²) >= 11 is 1.95. The van der Waals surface area contributed by atoms with Crippen molar-refractivity contribution in [2.75, 3.05) is 37.7 Å². The Morgan fingerprint density at radius 3 is 2.73 bits per heavy atom. The Morgan fingerprint density at radius 1 is 1.27 bits per heavy atom. The second-order valence-electron chi connectivity index (χ2n) is 6.23. The molecule has 0 saturated carbocycles. The van der Waals surface area contributed by atoms with Crippen molar-refractivity contribution >= 4 is 17.7 Å². The van der Waals surface area contributed by atoms with Crippen molar-refractivity contribution in [2.24, 2.45) is 13.0 Å². The molecule has 1 atom stereocenters. The minimum Gasteiger partial charge on any atom is -0.341 e. The SMILES string of the molecule is Cc1nnc(CN2CCCC(C(=O)N3CCSCC3)C2)n1C. The number of carbonyl (C=O) groups is 1. The molecule has 0 radical (unpaired) electrons. The third kappa shape index (κ3) is 3.46. The van der Waals surface area contributed by atoms with E-state index in [9.17, 15) is 4.79 Å². The van der Waals surface area contributed by atoms with Gasteiger partial charge in [-0.3, -0.25) is 9.69 Å². The summed E-state index contributed by atoms with van der Waals surface area (Å²) < 4.78 is 2.04. The van der Waals surface area contributed by atoms with Gasteiger partial charge in [0, 0.05) is 38.2 Å². The fraction of sp³-hybridized carbons (Fsp3) is 0.800. The molecular weight excluding hydrogens is 298 g/mol. The van der Waals surface area contributed by atoms with Crippen LogP contribution in [0.1, 0.15) is 24.5 Å². The Hall–Kier alpha value is -1.08. The number of hydrogen-bond acceptors (Lipinski definition) is 5. The summed E-state index contributed by atoms with van der Waals surface area (Å²) in [6.07, 6.45) is 2.12. The highest BCUT2D eigenvalue weighted by Gasteiger charge is 2.30. The quantitative estimate of drug-likeness (QED) is 0.828. The summed E-state index contributed by atoms with van der Waals surface area (Å²) in [7, 11) is 2.00. The topological polar surface area (TPSA) is 54.3 Å². The third-order valence-corrected chi connectivity index (χ3v) is 5.67. The van der Waals surface area contributed by atoms with Crippen LogP contribution in [0.2, 0.25) is 0 Å². The lowest BCUT2D eigenvalue weighted by Crippen LogP contribution is -2.47. The molecule has 1 amide bonds. The molecule has 122 valence electrons. The monoisotopic (exact) mass is 323 g/mol. The Balaban J connectivity index is 1.59. The van der Waals surface area contributed by atoms with Crippen molar-refractivity contribution in [2.45, 2.75) is 26.3 Å². The van der Waals surface area contributed by atoms with Crippen LogP contribution >= 0.6 is 11.8 Å². The molecule has 3 rings (SSSR count). The molecule has 0 bridgehead atoms. The molecule has 3 heterocycles. The average molecular weight is 323 g/mol. The van der Waals surface area contributed by atoms with Crippen LogP contribution in [-0.2, 0) is 18.4 Å². The second-order valence-corrected chi connectivity index (χ2v) is 7.46. The molecule has 0 aliphatic carbocycles. The number of amides is 1. The molecule has 2 aliphatic rings. The van der Waals surface area contributed by atoms with Gasteiger partial charge in [0.05, 0.1) is 12.5 Å². The second kappa shape index (κ2) is 7.00. The first-order chi connectivity index (χ1) is 10.6. The molecule has 2 aliphatic heterocycles. The smallest absolute Gasteiger partial charge is 0.227 e. The van der Waals surface area contributed by atoms with Crippen LogP contribution in [0.4, 0.5) is 0 Å². The number of likely N-dealkylation sites (tertiary alicyclic amines) is 1. The highest BCUT2D eigenvalue weighted by Crippen LogP contribution is 2.22. The van der Waals surface area contributed by atoms with Gasteiger partial charge in [-0.2, -0.15) is 11.8 Å². The van der Waals surface area contributed by atoms with E-state index >= 15 is 0 Å². The Kier molecular flexibility index (Phi) is 5.03. The number of rotatable bonds is 3. The number of hydrogen-bond donors (Lipinski definition) is 0. The molecular formula is C15H25N5OS. The van der Waals surface area contributed by atoms with Crippen LogP contribution in [-0.4, -0.2) is 68.2 Å². The summed E-state index contributed by atoms with van der Waals surface area (Å²) in [5.41, 5.74) is 0. The standard InChI is InChI=1S/C15H25N5OS/c1-12-16-17-14(18(12)2)11-19-5-3-4-13(10-19)15(21)20-6-8-22-9-7-20/h13H,3-11H2,1-2H3. The van der Waals surface area contributed by atoms with Gasteiger partial charge < -0.3 is 9.47 Å². The van der Waals surface area contributed by atoms with Gasteiger partial charge in [-0.15, -0.1) is 10.2 Å². The third-order valence-electron chi connectivity index (χ3n) is 4.73. The molecule has 2 saturated heterocycles. The molecule has 0 N–H and O–H groups in total. The van der Waals surface area contributed by atoms with Crippen LogP contribution < -0.4 is 0 Å². The number of piperidine rings is 1. The van der Waals surface area contributed by atoms with Crippen LogP contribution in [0.25, 0.3) is 0 Å². The molecule has 2 fully saturated rings. The zero-order valence-electron chi connectivity index (χ0n) is 13.5. The van der Waals surface area contributed by atoms with Gasteiger partial charge in [-0.1, -0.05) is 0 Å². The average Bonchev–Trinajstić information content (AvgIpc) is 2.87. The summed E-state index contributed by atoms with van der Waals surface area (Å²) in [5.74, 6) is 4.61. The van der Waals surface area contributed by atoms with E-state index in [1.54, 1.807) is 0 Å². The normalized spacial score (nSPS) is 23.7. The maximum atomic E-state index is 12.7. The highest BCUT2D eigenvalue weighted by molar-refractivity contribution is 7.99. The van der Waals surface area contributed by atoms with Crippen molar-refractivity contribution in [1.29, 1.82) is 0 Å². The van der Waals surface area contributed by atoms with Crippen molar-refractivity contribution < 1.29 is 4.79 Å². The van der Waals surface area contributed by atoms with E-state index in [1.165, 1.54) is 0 Å². The largest absolute Gasteiger partial charge is 0.341 e. The maximum Gasteiger partial charge on any atom is 0.227 e. The first-order valence-electron chi connectivity index (χ1n) is 8.09. The predicted molar refractivity (Wildman–Crippen MR) is 87.6 cm³/mol. The van der Waals surface area contributed by atoms with E-state index in [1.807, 2.05) is 30.3 Å². The van der Waals surface area contributed by atoms with Gasteiger partial charge in [0.25, 0.3) is 0 Å². The van der Waals surface area contributed by atoms with Crippen LogP contribution in [0.15, 0.2) is 0 Å². The van der Waals surface area contributed by atoms with Crippen LogP contribution in [0, 0.1) is 12.8 Å². The van der Waals surface area contributed by atoms with Gasteiger partial charge >= 0.3 is 0 Å². The van der Waals surface area contributed by atoms with E-state index in [2.05, 4.69) is 20.0 Å². The van der Waals surface area contributed by atoms with Gasteiger partial charge in [0.1, 0.15) is 11.6 Å². The Bertz CT molecular complexity index is 526. The molecule has 1 unspecified atom stereocenters. The van der Waals surface area contributed by atoms with E-state index in [0.717, 1.165) is 68.7 Å². The Labute approximate surface area is 136 Å². The maximum absolute atomic E-state index is 12.7. The molecule has 0 spiro atoms. The lowest BCUT2D eigenvalue weighted by molar-refractivity contribution is -0.137. The van der Waals surface area contributed by atoms with Gasteiger partial charge in [0.2, 0.25) is 5.91 Å². The van der Waals surface area contributed by atoms with Crippen molar-refractivity contribution in [3.05, 3.63) is 11.6 Å². The molecule has 6 nitrogen and oxygen atoms in total. The van der Waals surface area contributed by atoms with E-state index < -0.39 is 0 Å². The molecule has 1 aromatic heterocycles. The van der Waals surface area contributed by atoms with Crippen molar-refractivity contribution in [1.82, 2.24) is 24.6 Å². The number of nitrogens with zero attached hydrogens (tertiary/aromatic N) is 5. The van der Waals surface area contributed by atoms with Crippen molar-refractivity contribution in [3.8, 4) is 0 Å². The molecule has 22 heavy (non-hydrogen) atoms. The van der Waals surface area contributed by atoms with Crippen molar-refractivity contribution in [3.63, 3.8) is 0 Å². The first-order valence-corrected chi connectivity index (χ1v) is 9.24. The minimum atomic E-state index is 0.158. The van der Waals surface area contributed by atoms with Gasteiger partial charge in [-0.05, 0) is 26.3 Å². The zero-order chi connectivity index (χ0) is 15.5. The highest BCUT2D eigenvalue weighted by atomic mass is 32.2. The summed E-state index contributed by atoms with van der Waals surface area (Å²) in [5, 5.41) is 8.36.